The maximum absolute atomic E-state index is 5.46. The van der Waals surface area contributed by atoms with Crippen LogP contribution in [0.4, 0.5) is 0 Å². The molecule has 0 aliphatic heterocycles. The molecule has 1 heterocycles. The topological polar surface area (TPSA) is 39.1 Å². The van der Waals surface area contributed by atoms with E-state index in [-0.39, 0.29) is 6.04 Å². The first-order valence-corrected chi connectivity index (χ1v) is 7.66. The van der Waals surface area contributed by atoms with Gasteiger partial charge in [-0.15, -0.1) is 0 Å². The Balaban J connectivity index is 2.17. The Morgan fingerprint density at radius 2 is 2.10 bits per heavy atom. The monoisotopic (exact) mass is 287 g/mol. The third kappa shape index (κ3) is 4.08. The van der Waals surface area contributed by atoms with E-state index in [9.17, 15) is 0 Å². The van der Waals surface area contributed by atoms with Crippen molar-refractivity contribution in [1.29, 1.82) is 0 Å². The molecule has 21 heavy (non-hydrogen) atoms. The van der Waals surface area contributed by atoms with Crippen LogP contribution in [0.5, 0.6) is 5.75 Å². The van der Waals surface area contributed by atoms with Crippen molar-refractivity contribution in [2.24, 2.45) is 0 Å². The van der Waals surface area contributed by atoms with Crippen molar-refractivity contribution >= 4 is 0 Å². The molecular weight excluding hydrogens is 262 g/mol. The third-order valence-corrected chi connectivity index (χ3v) is 3.58. The SMILES string of the molecule is CCCn1cc(C(Cc2ccccc2OC)NCC)cn1. The van der Waals surface area contributed by atoms with Gasteiger partial charge in [0.2, 0.25) is 0 Å². The maximum Gasteiger partial charge on any atom is 0.122 e. The largest absolute Gasteiger partial charge is 0.496 e. The van der Waals surface area contributed by atoms with Gasteiger partial charge in [-0.3, -0.25) is 4.68 Å². The highest BCUT2D eigenvalue weighted by Crippen LogP contribution is 2.24. The Morgan fingerprint density at radius 1 is 1.29 bits per heavy atom. The lowest BCUT2D eigenvalue weighted by Crippen LogP contribution is -2.22. The molecule has 2 aromatic rings. The molecule has 0 fully saturated rings. The van der Waals surface area contributed by atoms with Crippen LogP contribution in [0, 0.1) is 0 Å². The lowest BCUT2D eigenvalue weighted by Gasteiger charge is -2.18. The quantitative estimate of drug-likeness (QED) is 0.810. The van der Waals surface area contributed by atoms with Gasteiger partial charge in [-0.1, -0.05) is 32.0 Å². The Hall–Kier alpha value is -1.81. The van der Waals surface area contributed by atoms with Crippen LogP contribution in [-0.2, 0) is 13.0 Å². The van der Waals surface area contributed by atoms with E-state index in [1.807, 2.05) is 23.0 Å². The predicted octanol–water partition coefficient (Wildman–Crippen LogP) is 3.20. The Bertz CT molecular complexity index is 550. The van der Waals surface area contributed by atoms with Gasteiger partial charge in [0.25, 0.3) is 0 Å². The molecule has 0 aliphatic rings. The van der Waals surface area contributed by atoms with E-state index >= 15 is 0 Å². The molecule has 0 spiro atoms. The van der Waals surface area contributed by atoms with Gasteiger partial charge in [0.1, 0.15) is 5.75 Å². The van der Waals surface area contributed by atoms with E-state index in [4.69, 9.17) is 4.74 Å². The van der Waals surface area contributed by atoms with Crippen molar-refractivity contribution in [3.05, 3.63) is 47.8 Å². The van der Waals surface area contributed by atoms with Crippen LogP contribution in [0.15, 0.2) is 36.7 Å². The summed E-state index contributed by atoms with van der Waals surface area (Å²) in [4.78, 5) is 0. The number of nitrogens with zero attached hydrogens (tertiary/aromatic N) is 2. The van der Waals surface area contributed by atoms with Crippen LogP contribution in [-0.4, -0.2) is 23.4 Å². The second-order valence-electron chi connectivity index (χ2n) is 5.16. The van der Waals surface area contributed by atoms with E-state index in [0.29, 0.717) is 0 Å². The Kier molecular flexibility index (Phi) is 5.81. The van der Waals surface area contributed by atoms with Gasteiger partial charge >= 0.3 is 0 Å². The predicted molar refractivity (Wildman–Crippen MR) is 85.6 cm³/mol. The van der Waals surface area contributed by atoms with Crippen molar-refractivity contribution in [3.8, 4) is 5.75 Å². The highest BCUT2D eigenvalue weighted by Gasteiger charge is 2.15. The van der Waals surface area contributed by atoms with Crippen molar-refractivity contribution in [1.82, 2.24) is 15.1 Å². The summed E-state index contributed by atoms with van der Waals surface area (Å²) in [6.45, 7) is 6.19. The molecule has 0 radical (unpaired) electrons. The summed E-state index contributed by atoms with van der Waals surface area (Å²) in [5.74, 6) is 0.946. The summed E-state index contributed by atoms with van der Waals surface area (Å²) >= 11 is 0. The average molecular weight is 287 g/mol. The van der Waals surface area contributed by atoms with Gasteiger partial charge in [-0.25, -0.2) is 0 Å². The first kappa shape index (κ1) is 15.6. The van der Waals surface area contributed by atoms with E-state index in [1.165, 1.54) is 11.1 Å². The summed E-state index contributed by atoms with van der Waals surface area (Å²) in [6, 6.07) is 8.46. The first-order chi connectivity index (χ1) is 10.3. The second-order valence-corrected chi connectivity index (χ2v) is 5.16. The van der Waals surface area contributed by atoms with Crippen LogP contribution in [0.1, 0.15) is 37.4 Å². The van der Waals surface area contributed by atoms with E-state index in [1.54, 1.807) is 7.11 Å². The van der Waals surface area contributed by atoms with Crippen molar-refractivity contribution in [2.75, 3.05) is 13.7 Å². The number of nitrogens with one attached hydrogen (secondary N) is 1. The summed E-state index contributed by atoms with van der Waals surface area (Å²) in [5, 5.41) is 7.98. The van der Waals surface area contributed by atoms with E-state index in [0.717, 1.165) is 31.7 Å². The van der Waals surface area contributed by atoms with Gasteiger partial charge < -0.3 is 10.1 Å². The number of hydrogen-bond donors (Lipinski definition) is 1. The average Bonchev–Trinajstić information content (AvgIpc) is 2.96. The number of methoxy groups -OCH3 is 1. The smallest absolute Gasteiger partial charge is 0.122 e. The number of benzene rings is 1. The van der Waals surface area contributed by atoms with Crippen LogP contribution in [0.3, 0.4) is 0 Å². The molecule has 1 atom stereocenters. The number of likely N-dealkylation sites (N-methyl/N-ethyl adjacent to an activating group) is 1. The van der Waals surface area contributed by atoms with Crippen LogP contribution in [0.2, 0.25) is 0 Å². The van der Waals surface area contributed by atoms with Gasteiger partial charge in [0, 0.05) is 24.3 Å². The summed E-state index contributed by atoms with van der Waals surface area (Å²) < 4.78 is 7.47. The lowest BCUT2D eigenvalue weighted by atomic mass is 10.0. The fourth-order valence-electron chi connectivity index (χ4n) is 2.56. The molecular formula is C17H25N3O. The first-order valence-electron chi connectivity index (χ1n) is 7.66. The normalized spacial score (nSPS) is 12.3. The van der Waals surface area contributed by atoms with Gasteiger partial charge in [0.15, 0.2) is 0 Å². The van der Waals surface area contributed by atoms with Crippen molar-refractivity contribution in [2.45, 2.75) is 39.3 Å². The number of rotatable bonds is 8. The minimum Gasteiger partial charge on any atom is -0.496 e. The Labute approximate surface area is 127 Å². The highest BCUT2D eigenvalue weighted by molar-refractivity contribution is 5.34. The standard InChI is InChI=1S/C17H25N3O/c1-4-10-20-13-15(12-19-20)16(18-5-2)11-14-8-6-7-9-17(14)21-3/h6-9,12-13,16,18H,4-5,10-11H2,1-3H3. The molecule has 4 heteroatoms. The summed E-state index contributed by atoms with van der Waals surface area (Å²) in [6.07, 6.45) is 6.11. The number of aryl methyl sites for hydroxylation is 1. The molecule has 114 valence electrons. The number of para-hydroxylation sites is 1. The molecule has 0 amide bonds. The molecule has 1 unspecified atom stereocenters. The number of aromatic nitrogens is 2. The minimum atomic E-state index is 0.261. The van der Waals surface area contributed by atoms with Crippen LogP contribution in [0.25, 0.3) is 0 Å². The second kappa shape index (κ2) is 7.84. The summed E-state index contributed by atoms with van der Waals surface area (Å²) in [5.41, 5.74) is 2.45. The van der Waals surface area contributed by atoms with Crippen LogP contribution < -0.4 is 10.1 Å². The Morgan fingerprint density at radius 3 is 2.81 bits per heavy atom. The third-order valence-electron chi connectivity index (χ3n) is 3.58. The zero-order valence-electron chi connectivity index (χ0n) is 13.2. The zero-order chi connectivity index (χ0) is 15.1. The molecule has 0 bridgehead atoms. The van der Waals surface area contributed by atoms with Crippen molar-refractivity contribution < 1.29 is 4.74 Å². The maximum atomic E-state index is 5.46. The van der Waals surface area contributed by atoms with Crippen molar-refractivity contribution in [3.63, 3.8) is 0 Å². The fraction of sp³-hybridized carbons (Fsp3) is 0.471. The highest BCUT2D eigenvalue weighted by atomic mass is 16.5. The van der Waals surface area contributed by atoms with Gasteiger partial charge in [-0.2, -0.15) is 5.10 Å². The zero-order valence-corrected chi connectivity index (χ0v) is 13.2. The van der Waals surface area contributed by atoms with E-state index in [2.05, 4.69) is 42.6 Å². The molecule has 1 aromatic carbocycles. The molecule has 4 nitrogen and oxygen atoms in total. The minimum absolute atomic E-state index is 0.261. The molecule has 2 rings (SSSR count). The number of hydrogen-bond acceptors (Lipinski definition) is 3. The molecule has 1 N–H and O–H groups in total. The molecule has 0 aliphatic carbocycles. The molecule has 0 saturated heterocycles. The number of ether oxygens (including phenoxy) is 1. The van der Waals surface area contributed by atoms with Gasteiger partial charge in [0.05, 0.1) is 13.3 Å². The lowest BCUT2D eigenvalue weighted by molar-refractivity contribution is 0.405. The van der Waals surface area contributed by atoms with Gasteiger partial charge in [-0.05, 0) is 31.0 Å². The molecule has 0 saturated carbocycles. The summed E-state index contributed by atoms with van der Waals surface area (Å²) in [7, 11) is 1.72. The van der Waals surface area contributed by atoms with Crippen LogP contribution >= 0.6 is 0 Å². The fourth-order valence-corrected chi connectivity index (χ4v) is 2.56. The molecule has 1 aromatic heterocycles. The van der Waals surface area contributed by atoms with E-state index < -0.39 is 0 Å².